The van der Waals surface area contributed by atoms with Crippen molar-refractivity contribution in [2.45, 2.75) is 13.8 Å². The minimum absolute atomic E-state index is 1.30. The highest BCUT2D eigenvalue weighted by Crippen LogP contribution is 2.03. The molecule has 0 aliphatic rings. The SMILES string of the molecule is Cc1cc(P)c(C)cc1P. The fraction of sp³-hybridized carbons (Fsp3) is 0.250. The molecular weight excluding hydrogens is 158 g/mol. The van der Waals surface area contributed by atoms with Crippen LogP contribution < -0.4 is 10.6 Å². The highest BCUT2D eigenvalue weighted by Gasteiger charge is 1.95. The van der Waals surface area contributed by atoms with E-state index in [1.807, 2.05) is 0 Å². The van der Waals surface area contributed by atoms with E-state index in [2.05, 4.69) is 44.5 Å². The van der Waals surface area contributed by atoms with Crippen LogP contribution in [0.3, 0.4) is 0 Å². The van der Waals surface area contributed by atoms with Crippen LogP contribution >= 0.6 is 18.5 Å². The Bertz CT molecular complexity index is 203. The molecule has 1 rings (SSSR count). The van der Waals surface area contributed by atoms with Gasteiger partial charge in [-0.15, -0.1) is 18.5 Å². The fourth-order valence-corrected chi connectivity index (χ4v) is 1.53. The van der Waals surface area contributed by atoms with Crippen molar-refractivity contribution in [1.29, 1.82) is 0 Å². The van der Waals surface area contributed by atoms with E-state index in [0.717, 1.165) is 0 Å². The Labute approximate surface area is 66.8 Å². The molecule has 1 aromatic carbocycles. The number of hydrogen-bond donors (Lipinski definition) is 0. The van der Waals surface area contributed by atoms with Crippen molar-refractivity contribution in [2.24, 2.45) is 0 Å². The molecule has 2 atom stereocenters. The zero-order chi connectivity index (χ0) is 7.72. The first kappa shape index (κ1) is 8.18. The number of aryl methyl sites for hydroxylation is 2. The fourth-order valence-electron chi connectivity index (χ4n) is 0.861. The molecule has 0 N–H and O–H groups in total. The van der Waals surface area contributed by atoms with Crippen LogP contribution in [-0.4, -0.2) is 0 Å². The minimum atomic E-state index is 1.30. The molecule has 0 aliphatic heterocycles. The van der Waals surface area contributed by atoms with Crippen LogP contribution in [0.15, 0.2) is 12.1 Å². The molecule has 0 heterocycles. The maximum absolute atomic E-state index is 2.73. The Kier molecular flexibility index (Phi) is 2.45. The van der Waals surface area contributed by atoms with E-state index in [1.165, 1.54) is 21.7 Å². The zero-order valence-electron chi connectivity index (χ0n) is 6.31. The Morgan fingerprint density at radius 2 is 1.20 bits per heavy atom. The first-order valence-electron chi connectivity index (χ1n) is 3.23. The van der Waals surface area contributed by atoms with E-state index < -0.39 is 0 Å². The van der Waals surface area contributed by atoms with Crippen molar-refractivity contribution in [2.75, 3.05) is 0 Å². The van der Waals surface area contributed by atoms with Gasteiger partial charge in [0.1, 0.15) is 0 Å². The number of rotatable bonds is 0. The molecule has 54 valence electrons. The number of benzene rings is 1. The van der Waals surface area contributed by atoms with Gasteiger partial charge in [0.2, 0.25) is 0 Å². The molecule has 0 aromatic heterocycles. The van der Waals surface area contributed by atoms with Crippen molar-refractivity contribution in [3.63, 3.8) is 0 Å². The molecule has 1 aromatic rings. The summed E-state index contributed by atoms with van der Waals surface area (Å²) in [6, 6.07) is 4.37. The van der Waals surface area contributed by atoms with Gasteiger partial charge in [0.05, 0.1) is 0 Å². The summed E-state index contributed by atoms with van der Waals surface area (Å²) in [6.45, 7) is 4.24. The van der Waals surface area contributed by atoms with Crippen LogP contribution in [0.2, 0.25) is 0 Å². The standard InChI is InChI=1S/C8H12P2/c1-5-3-8(10)6(2)4-7(5)9/h3-4H,9-10H2,1-2H3. The second-order valence-electron chi connectivity index (χ2n) is 2.57. The van der Waals surface area contributed by atoms with Gasteiger partial charge in [0.15, 0.2) is 0 Å². The van der Waals surface area contributed by atoms with Gasteiger partial charge in [-0.25, -0.2) is 0 Å². The van der Waals surface area contributed by atoms with Gasteiger partial charge in [0.25, 0.3) is 0 Å². The van der Waals surface area contributed by atoms with E-state index >= 15 is 0 Å². The van der Waals surface area contributed by atoms with Gasteiger partial charge >= 0.3 is 0 Å². The maximum Gasteiger partial charge on any atom is -0.0270 e. The highest BCUT2D eigenvalue weighted by atomic mass is 31.0. The molecule has 0 fully saturated rings. The Morgan fingerprint density at radius 3 is 1.50 bits per heavy atom. The van der Waals surface area contributed by atoms with Gasteiger partial charge in [-0.3, -0.25) is 0 Å². The normalized spacial score (nSPS) is 10.0. The summed E-state index contributed by atoms with van der Waals surface area (Å²) < 4.78 is 0. The topological polar surface area (TPSA) is 0 Å². The van der Waals surface area contributed by atoms with Crippen LogP contribution in [0.1, 0.15) is 11.1 Å². The van der Waals surface area contributed by atoms with Gasteiger partial charge < -0.3 is 0 Å². The van der Waals surface area contributed by atoms with E-state index in [9.17, 15) is 0 Å². The summed E-state index contributed by atoms with van der Waals surface area (Å²) in [5, 5.41) is 2.59. The second kappa shape index (κ2) is 2.99. The lowest BCUT2D eigenvalue weighted by atomic mass is 10.2. The summed E-state index contributed by atoms with van der Waals surface area (Å²) in [5.74, 6) is 0. The zero-order valence-corrected chi connectivity index (χ0v) is 8.62. The van der Waals surface area contributed by atoms with E-state index in [-0.39, 0.29) is 0 Å². The summed E-state index contributed by atoms with van der Waals surface area (Å²) in [5.41, 5.74) is 2.67. The van der Waals surface area contributed by atoms with Crippen molar-refractivity contribution >= 4 is 29.1 Å². The largest absolute Gasteiger partial charge is 0.105 e. The van der Waals surface area contributed by atoms with Gasteiger partial charge in [-0.05, 0) is 35.6 Å². The molecule has 0 amide bonds. The van der Waals surface area contributed by atoms with Gasteiger partial charge in [-0.1, -0.05) is 12.1 Å². The predicted octanol–water partition coefficient (Wildman–Crippen LogP) is 1.30. The third kappa shape index (κ3) is 1.57. The predicted molar refractivity (Wildman–Crippen MR) is 54.6 cm³/mol. The molecule has 10 heavy (non-hydrogen) atoms. The minimum Gasteiger partial charge on any atom is -0.105 e. The van der Waals surface area contributed by atoms with Crippen LogP contribution in [0.5, 0.6) is 0 Å². The summed E-state index contributed by atoms with van der Waals surface area (Å²) in [6.07, 6.45) is 0. The van der Waals surface area contributed by atoms with E-state index in [1.54, 1.807) is 0 Å². The lowest BCUT2D eigenvalue weighted by molar-refractivity contribution is 1.47. The van der Waals surface area contributed by atoms with Crippen LogP contribution in [0, 0.1) is 13.8 Å². The highest BCUT2D eigenvalue weighted by molar-refractivity contribution is 7.28. The average Bonchev–Trinajstić information content (AvgIpc) is 1.84. The Morgan fingerprint density at radius 1 is 0.900 bits per heavy atom. The smallest absolute Gasteiger partial charge is 0.0270 e. The molecule has 0 aliphatic carbocycles. The molecule has 0 radical (unpaired) electrons. The first-order chi connectivity index (χ1) is 4.61. The summed E-state index contributed by atoms with van der Waals surface area (Å²) in [7, 11) is 5.47. The summed E-state index contributed by atoms with van der Waals surface area (Å²) in [4.78, 5) is 0. The molecule has 2 heteroatoms. The first-order valence-corrected chi connectivity index (χ1v) is 4.39. The van der Waals surface area contributed by atoms with Crippen molar-refractivity contribution in [3.8, 4) is 0 Å². The molecule has 0 saturated heterocycles. The average molecular weight is 170 g/mol. The third-order valence-electron chi connectivity index (χ3n) is 1.65. The van der Waals surface area contributed by atoms with E-state index in [4.69, 9.17) is 0 Å². The van der Waals surface area contributed by atoms with Gasteiger partial charge in [0, 0.05) is 0 Å². The second-order valence-corrected chi connectivity index (χ2v) is 3.81. The van der Waals surface area contributed by atoms with Crippen molar-refractivity contribution in [1.82, 2.24) is 0 Å². The van der Waals surface area contributed by atoms with Crippen molar-refractivity contribution < 1.29 is 0 Å². The van der Waals surface area contributed by atoms with Crippen LogP contribution in [-0.2, 0) is 0 Å². The monoisotopic (exact) mass is 170 g/mol. The molecule has 0 spiro atoms. The molecule has 0 bridgehead atoms. The summed E-state index contributed by atoms with van der Waals surface area (Å²) >= 11 is 0. The molecule has 0 nitrogen and oxygen atoms in total. The van der Waals surface area contributed by atoms with Crippen molar-refractivity contribution in [3.05, 3.63) is 23.3 Å². The third-order valence-corrected chi connectivity index (χ3v) is 2.90. The quantitative estimate of drug-likeness (QED) is 0.515. The Balaban J connectivity index is 3.28. The lowest BCUT2D eigenvalue weighted by Crippen LogP contribution is -2.06. The van der Waals surface area contributed by atoms with E-state index in [0.29, 0.717) is 0 Å². The molecule has 0 saturated carbocycles. The maximum atomic E-state index is 2.73. The molecular formula is C8H12P2. The number of hydrogen-bond acceptors (Lipinski definition) is 0. The lowest BCUT2D eigenvalue weighted by Gasteiger charge is -2.03. The van der Waals surface area contributed by atoms with Gasteiger partial charge in [-0.2, -0.15) is 0 Å². The molecule has 2 unspecified atom stereocenters. The van der Waals surface area contributed by atoms with Crippen LogP contribution in [0.4, 0.5) is 0 Å². The van der Waals surface area contributed by atoms with Crippen LogP contribution in [0.25, 0.3) is 0 Å². The Hall–Kier alpha value is 0.0800.